The Labute approximate surface area is 105 Å². The van der Waals surface area contributed by atoms with Crippen LogP contribution in [-0.4, -0.2) is 25.0 Å². The molecular weight excluding hydrogens is 242 g/mol. The largest absolute Gasteiger partial charge is 0.467 e. The molecule has 0 heterocycles. The van der Waals surface area contributed by atoms with Crippen molar-refractivity contribution in [3.63, 3.8) is 0 Å². The molecule has 1 amide bonds. The minimum atomic E-state index is -0.687. The smallest absolute Gasteiger partial charge is 0.328 e. The predicted molar refractivity (Wildman–Crippen MR) is 65.1 cm³/mol. The number of amides is 1. The first kappa shape index (κ1) is 13.5. The standard InChI is InChI=1S/C12H14ClNO3/c1-7-4-5-9(6-10(7)13)11(15)14-8(2)12(16)17-3/h4-6,8H,1-3H3,(H,14,15). The fourth-order valence-electron chi connectivity index (χ4n) is 1.25. The lowest BCUT2D eigenvalue weighted by atomic mass is 10.1. The number of nitrogens with one attached hydrogen (secondary N) is 1. The van der Waals surface area contributed by atoms with Gasteiger partial charge in [0.15, 0.2) is 0 Å². The molecule has 17 heavy (non-hydrogen) atoms. The highest BCUT2D eigenvalue weighted by Gasteiger charge is 2.17. The van der Waals surface area contributed by atoms with Crippen LogP contribution in [0.3, 0.4) is 0 Å². The predicted octanol–water partition coefficient (Wildman–Crippen LogP) is 1.94. The molecule has 0 fully saturated rings. The highest BCUT2D eigenvalue weighted by Crippen LogP contribution is 2.16. The summed E-state index contributed by atoms with van der Waals surface area (Å²) in [6.45, 7) is 3.40. The molecule has 1 unspecified atom stereocenters. The molecule has 1 N–H and O–H groups in total. The van der Waals surface area contributed by atoms with Crippen molar-refractivity contribution >= 4 is 23.5 Å². The topological polar surface area (TPSA) is 55.4 Å². The van der Waals surface area contributed by atoms with E-state index < -0.39 is 12.0 Å². The zero-order valence-electron chi connectivity index (χ0n) is 9.91. The molecular formula is C12H14ClNO3. The highest BCUT2D eigenvalue weighted by atomic mass is 35.5. The van der Waals surface area contributed by atoms with E-state index in [-0.39, 0.29) is 5.91 Å². The first-order valence-electron chi connectivity index (χ1n) is 5.10. The molecule has 5 heteroatoms. The Morgan fingerprint density at radius 1 is 1.41 bits per heavy atom. The Hall–Kier alpha value is -1.55. The molecule has 0 bridgehead atoms. The van der Waals surface area contributed by atoms with Crippen molar-refractivity contribution in [2.24, 2.45) is 0 Å². The number of halogens is 1. The van der Waals surface area contributed by atoms with Gasteiger partial charge in [0, 0.05) is 10.6 Å². The van der Waals surface area contributed by atoms with Crippen LogP contribution >= 0.6 is 11.6 Å². The van der Waals surface area contributed by atoms with Crippen LogP contribution in [0.5, 0.6) is 0 Å². The zero-order valence-corrected chi connectivity index (χ0v) is 10.7. The molecule has 1 rings (SSSR count). The van der Waals surface area contributed by atoms with Crippen LogP contribution in [0.15, 0.2) is 18.2 Å². The van der Waals surface area contributed by atoms with Crippen molar-refractivity contribution in [1.29, 1.82) is 0 Å². The van der Waals surface area contributed by atoms with Gasteiger partial charge in [0.05, 0.1) is 7.11 Å². The van der Waals surface area contributed by atoms with Gasteiger partial charge in [-0.3, -0.25) is 4.79 Å². The van der Waals surface area contributed by atoms with Crippen LogP contribution in [0.4, 0.5) is 0 Å². The van der Waals surface area contributed by atoms with Crippen molar-refractivity contribution < 1.29 is 14.3 Å². The maximum absolute atomic E-state index is 11.8. The lowest BCUT2D eigenvalue weighted by Crippen LogP contribution is -2.39. The van der Waals surface area contributed by atoms with Gasteiger partial charge in [0.25, 0.3) is 5.91 Å². The van der Waals surface area contributed by atoms with E-state index in [0.29, 0.717) is 10.6 Å². The van der Waals surface area contributed by atoms with Crippen molar-refractivity contribution in [2.45, 2.75) is 19.9 Å². The molecule has 0 aliphatic carbocycles. The van der Waals surface area contributed by atoms with Crippen LogP contribution in [0, 0.1) is 6.92 Å². The second-order valence-electron chi connectivity index (χ2n) is 3.68. The third kappa shape index (κ3) is 3.46. The van der Waals surface area contributed by atoms with E-state index in [1.807, 2.05) is 6.92 Å². The quantitative estimate of drug-likeness (QED) is 0.840. The summed E-state index contributed by atoms with van der Waals surface area (Å²) in [6.07, 6.45) is 0. The molecule has 0 saturated heterocycles. The Bertz CT molecular complexity index is 445. The number of carbonyl (C=O) groups is 2. The number of ether oxygens (including phenoxy) is 1. The lowest BCUT2D eigenvalue weighted by molar-refractivity contribution is -0.142. The van der Waals surface area contributed by atoms with Crippen molar-refractivity contribution in [2.75, 3.05) is 7.11 Å². The molecule has 0 spiro atoms. The van der Waals surface area contributed by atoms with Crippen molar-refractivity contribution in [1.82, 2.24) is 5.32 Å². The van der Waals surface area contributed by atoms with E-state index in [4.69, 9.17) is 11.6 Å². The summed E-state index contributed by atoms with van der Waals surface area (Å²) in [5.41, 5.74) is 1.31. The Morgan fingerprint density at radius 2 is 2.06 bits per heavy atom. The number of carbonyl (C=O) groups excluding carboxylic acids is 2. The maximum Gasteiger partial charge on any atom is 0.328 e. The molecule has 0 radical (unpaired) electrons. The number of esters is 1. The summed E-state index contributed by atoms with van der Waals surface area (Å²) in [5, 5.41) is 3.04. The van der Waals surface area contributed by atoms with Crippen LogP contribution < -0.4 is 5.32 Å². The summed E-state index contributed by atoms with van der Waals surface area (Å²) >= 11 is 5.91. The van der Waals surface area contributed by atoms with E-state index in [0.717, 1.165) is 5.56 Å². The Balaban J connectivity index is 2.76. The van der Waals surface area contributed by atoms with Gasteiger partial charge in [-0.05, 0) is 31.5 Å². The van der Waals surface area contributed by atoms with Crippen molar-refractivity contribution in [3.8, 4) is 0 Å². The third-order valence-corrected chi connectivity index (χ3v) is 2.74. The average molecular weight is 256 g/mol. The average Bonchev–Trinajstić information content (AvgIpc) is 2.31. The van der Waals surface area contributed by atoms with E-state index in [2.05, 4.69) is 10.1 Å². The molecule has 0 saturated carbocycles. The molecule has 1 aromatic rings. The lowest BCUT2D eigenvalue weighted by Gasteiger charge is -2.11. The Morgan fingerprint density at radius 3 is 2.59 bits per heavy atom. The number of aryl methyl sites for hydroxylation is 1. The van der Waals surface area contributed by atoms with Crippen LogP contribution in [0.2, 0.25) is 5.02 Å². The molecule has 0 aromatic heterocycles. The minimum Gasteiger partial charge on any atom is -0.467 e. The summed E-state index contributed by atoms with van der Waals surface area (Å²) in [7, 11) is 1.27. The summed E-state index contributed by atoms with van der Waals surface area (Å²) in [6, 6.07) is 4.28. The zero-order chi connectivity index (χ0) is 13.0. The van der Waals surface area contributed by atoms with Gasteiger partial charge in [-0.1, -0.05) is 17.7 Å². The summed E-state index contributed by atoms with van der Waals surface area (Å²) < 4.78 is 4.51. The molecule has 92 valence electrons. The van der Waals surface area contributed by atoms with E-state index in [9.17, 15) is 9.59 Å². The molecule has 1 atom stereocenters. The number of hydrogen-bond donors (Lipinski definition) is 1. The molecule has 0 aliphatic heterocycles. The monoisotopic (exact) mass is 255 g/mol. The van der Waals surface area contributed by atoms with Crippen LogP contribution in [0.1, 0.15) is 22.8 Å². The molecule has 4 nitrogen and oxygen atoms in total. The number of hydrogen-bond acceptors (Lipinski definition) is 3. The number of methoxy groups -OCH3 is 1. The van der Waals surface area contributed by atoms with E-state index in [1.165, 1.54) is 7.11 Å². The molecule has 0 aliphatic rings. The van der Waals surface area contributed by atoms with Gasteiger partial charge in [-0.25, -0.2) is 4.79 Å². The number of benzene rings is 1. The second kappa shape index (κ2) is 5.68. The fraction of sp³-hybridized carbons (Fsp3) is 0.333. The van der Waals surface area contributed by atoms with Crippen LogP contribution in [-0.2, 0) is 9.53 Å². The van der Waals surface area contributed by atoms with Gasteiger partial charge >= 0.3 is 5.97 Å². The second-order valence-corrected chi connectivity index (χ2v) is 4.09. The Kier molecular flexibility index (Phi) is 4.52. The fourth-order valence-corrected chi connectivity index (χ4v) is 1.43. The minimum absolute atomic E-state index is 0.357. The first-order chi connectivity index (χ1) is 7.95. The van der Waals surface area contributed by atoms with Gasteiger partial charge in [-0.2, -0.15) is 0 Å². The third-order valence-electron chi connectivity index (χ3n) is 2.34. The van der Waals surface area contributed by atoms with E-state index >= 15 is 0 Å². The maximum atomic E-state index is 11.8. The molecule has 1 aromatic carbocycles. The SMILES string of the molecule is COC(=O)C(C)NC(=O)c1ccc(C)c(Cl)c1. The number of rotatable bonds is 3. The van der Waals surface area contributed by atoms with Gasteiger partial charge < -0.3 is 10.1 Å². The van der Waals surface area contributed by atoms with E-state index in [1.54, 1.807) is 25.1 Å². The van der Waals surface area contributed by atoms with Gasteiger partial charge in [-0.15, -0.1) is 0 Å². The highest BCUT2D eigenvalue weighted by molar-refractivity contribution is 6.31. The van der Waals surface area contributed by atoms with Gasteiger partial charge in [0.2, 0.25) is 0 Å². The van der Waals surface area contributed by atoms with Crippen LogP contribution in [0.25, 0.3) is 0 Å². The van der Waals surface area contributed by atoms with Gasteiger partial charge in [0.1, 0.15) is 6.04 Å². The van der Waals surface area contributed by atoms with Crippen molar-refractivity contribution in [3.05, 3.63) is 34.3 Å². The normalized spacial score (nSPS) is 11.8. The summed E-state index contributed by atoms with van der Waals surface area (Å²) in [5.74, 6) is -0.846. The summed E-state index contributed by atoms with van der Waals surface area (Å²) in [4.78, 5) is 22.9. The first-order valence-corrected chi connectivity index (χ1v) is 5.48.